The number of aliphatic carboxylic acids is 1. The number of carbonyl (C=O) groups is 2. The number of aryl methyl sites for hydroxylation is 1. The van der Waals surface area contributed by atoms with E-state index in [0.29, 0.717) is 5.69 Å². The number of benzene rings is 1. The summed E-state index contributed by atoms with van der Waals surface area (Å²) in [6, 6.07) is 6.99. The molecule has 112 valence electrons. The highest BCUT2D eigenvalue weighted by Crippen LogP contribution is 2.12. The van der Waals surface area contributed by atoms with Crippen LogP contribution in [0.15, 0.2) is 24.3 Å². The van der Waals surface area contributed by atoms with Gasteiger partial charge in [0.1, 0.15) is 6.54 Å². The number of carboxylic acid groups (broad SMARTS) is 1. The van der Waals surface area contributed by atoms with Crippen LogP contribution in [0, 0.1) is 12.3 Å². The molecule has 0 spiro atoms. The average molecular weight is 288 g/mol. The number of unbranched alkanes of at least 4 members (excludes halogenated alkanes) is 1. The first-order valence-electron chi connectivity index (χ1n) is 6.87. The Labute approximate surface area is 125 Å². The van der Waals surface area contributed by atoms with Crippen molar-refractivity contribution in [2.75, 3.05) is 18.4 Å². The maximum absolute atomic E-state index is 12.0. The summed E-state index contributed by atoms with van der Waals surface area (Å²) in [6.07, 6.45) is 8.40. The lowest BCUT2D eigenvalue weighted by Gasteiger charge is -2.18. The number of carboxylic acids is 1. The summed E-state index contributed by atoms with van der Waals surface area (Å²) in [6.45, 7) is 1.66. The van der Waals surface area contributed by atoms with E-state index < -0.39 is 18.5 Å². The van der Waals surface area contributed by atoms with E-state index in [-0.39, 0.29) is 6.54 Å². The summed E-state index contributed by atoms with van der Waals surface area (Å²) in [7, 11) is 0. The van der Waals surface area contributed by atoms with E-state index in [4.69, 9.17) is 11.5 Å². The molecule has 0 aliphatic heterocycles. The predicted octanol–water partition coefficient (Wildman–Crippen LogP) is 2.58. The van der Waals surface area contributed by atoms with Gasteiger partial charge in [-0.3, -0.25) is 4.79 Å². The van der Waals surface area contributed by atoms with Crippen LogP contribution in [0.1, 0.15) is 25.3 Å². The summed E-state index contributed by atoms with van der Waals surface area (Å²) < 4.78 is 0. The molecule has 5 nitrogen and oxygen atoms in total. The van der Waals surface area contributed by atoms with Gasteiger partial charge in [0.15, 0.2) is 0 Å². The van der Waals surface area contributed by atoms with E-state index in [9.17, 15) is 9.59 Å². The quantitative estimate of drug-likeness (QED) is 0.758. The second kappa shape index (κ2) is 8.64. The van der Waals surface area contributed by atoms with Gasteiger partial charge >= 0.3 is 12.0 Å². The normalized spacial score (nSPS) is 9.71. The molecule has 1 rings (SSSR count). The van der Waals surface area contributed by atoms with Gasteiger partial charge in [0, 0.05) is 5.69 Å². The highest BCUT2D eigenvalue weighted by Gasteiger charge is 2.15. The van der Waals surface area contributed by atoms with Gasteiger partial charge in [0.25, 0.3) is 0 Å². The summed E-state index contributed by atoms with van der Waals surface area (Å²) in [5.41, 5.74) is 1.83. The van der Waals surface area contributed by atoms with Crippen molar-refractivity contribution in [1.29, 1.82) is 0 Å². The number of rotatable bonds is 7. The molecule has 2 amide bonds. The van der Waals surface area contributed by atoms with Gasteiger partial charge in [0.05, 0.1) is 6.54 Å². The number of anilines is 1. The maximum Gasteiger partial charge on any atom is 0.323 e. The van der Waals surface area contributed by atoms with Gasteiger partial charge < -0.3 is 15.3 Å². The van der Waals surface area contributed by atoms with E-state index in [1.165, 1.54) is 5.56 Å². The molecule has 0 heterocycles. The largest absolute Gasteiger partial charge is 0.480 e. The Bertz CT molecular complexity index is 517. The topological polar surface area (TPSA) is 69.6 Å². The molecule has 0 fully saturated rings. The molecule has 0 atom stereocenters. The highest BCUT2D eigenvalue weighted by molar-refractivity contribution is 5.91. The molecule has 0 unspecified atom stereocenters. The zero-order valence-electron chi connectivity index (χ0n) is 12.1. The number of urea groups is 1. The SMILES string of the molecule is C#CCN(CC(=O)O)C(=O)Nc1ccc(CCCC)cc1. The number of terminal acetylenes is 1. The highest BCUT2D eigenvalue weighted by atomic mass is 16.4. The van der Waals surface area contributed by atoms with Crippen LogP contribution in [0.3, 0.4) is 0 Å². The van der Waals surface area contributed by atoms with Crippen molar-refractivity contribution < 1.29 is 14.7 Å². The Morgan fingerprint density at radius 3 is 2.52 bits per heavy atom. The Kier molecular flexibility index (Phi) is 6.82. The lowest BCUT2D eigenvalue weighted by atomic mass is 10.1. The third-order valence-electron chi connectivity index (χ3n) is 2.92. The summed E-state index contributed by atoms with van der Waals surface area (Å²) in [5.74, 6) is 1.17. The molecule has 0 aliphatic carbocycles. The molecule has 2 N–H and O–H groups in total. The lowest BCUT2D eigenvalue weighted by molar-refractivity contribution is -0.137. The minimum absolute atomic E-state index is 0.0489. The van der Waals surface area contributed by atoms with Crippen molar-refractivity contribution >= 4 is 17.7 Å². The fourth-order valence-corrected chi connectivity index (χ4v) is 1.81. The maximum atomic E-state index is 12.0. The van der Waals surface area contributed by atoms with E-state index in [1.807, 2.05) is 12.1 Å². The van der Waals surface area contributed by atoms with Crippen molar-refractivity contribution in [1.82, 2.24) is 4.90 Å². The lowest BCUT2D eigenvalue weighted by Crippen LogP contribution is -2.39. The summed E-state index contributed by atoms with van der Waals surface area (Å²) in [5, 5.41) is 11.4. The molecule has 1 aromatic rings. The zero-order chi connectivity index (χ0) is 15.7. The molecule has 0 aromatic heterocycles. The van der Waals surface area contributed by atoms with Gasteiger partial charge in [-0.25, -0.2) is 4.79 Å². The first kappa shape index (κ1) is 16.6. The van der Waals surface area contributed by atoms with E-state index in [0.717, 1.165) is 24.2 Å². The van der Waals surface area contributed by atoms with Gasteiger partial charge in [-0.15, -0.1) is 6.42 Å². The molecule has 0 bridgehead atoms. The van der Waals surface area contributed by atoms with Gasteiger partial charge in [-0.2, -0.15) is 0 Å². The molecule has 5 heteroatoms. The van der Waals surface area contributed by atoms with Crippen molar-refractivity contribution in [2.45, 2.75) is 26.2 Å². The monoisotopic (exact) mass is 288 g/mol. The van der Waals surface area contributed by atoms with Crippen molar-refractivity contribution in [2.24, 2.45) is 0 Å². The number of carbonyl (C=O) groups excluding carboxylic acids is 1. The number of hydrogen-bond acceptors (Lipinski definition) is 2. The van der Waals surface area contributed by atoms with E-state index in [1.54, 1.807) is 12.1 Å². The Balaban J connectivity index is 2.63. The van der Waals surface area contributed by atoms with Gasteiger partial charge in [0.2, 0.25) is 0 Å². The third kappa shape index (κ3) is 6.00. The molecular weight excluding hydrogens is 268 g/mol. The molecule has 0 saturated heterocycles. The second-order valence-corrected chi connectivity index (χ2v) is 4.68. The minimum Gasteiger partial charge on any atom is -0.480 e. The Morgan fingerprint density at radius 1 is 1.33 bits per heavy atom. The standard InChI is InChI=1S/C16H20N2O3/c1-3-5-6-13-7-9-14(10-8-13)17-16(21)18(11-4-2)12-15(19)20/h2,7-10H,3,5-6,11-12H2,1H3,(H,17,21)(H,19,20). The minimum atomic E-state index is -1.10. The van der Waals surface area contributed by atoms with E-state index in [2.05, 4.69) is 18.2 Å². The summed E-state index contributed by atoms with van der Waals surface area (Å²) >= 11 is 0. The molecule has 21 heavy (non-hydrogen) atoms. The van der Waals surface area contributed by atoms with Crippen LogP contribution in [0.5, 0.6) is 0 Å². The van der Waals surface area contributed by atoms with Gasteiger partial charge in [-0.1, -0.05) is 31.4 Å². The number of hydrogen-bond donors (Lipinski definition) is 2. The number of amides is 2. The van der Waals surface area contributed by atoms with Crippen LogP contribution < -0.4 is 5.32 Å². The average Bonchev–Trinajstić information content (AvgIpc) is 2.45. The molecule has 0 saturated carbocycles. The summed E-state index contributed by atoms with van der Waals surface area (Å²) in [4.78, 5) is 23.7. The second-order valence-electron chi connectivity index (χ2n) is 4.68. The zero-order valence-corrected chi connectivity index (χ0v) is 12.1. The molecule has 0 radical (unpaired) electrons. The first-order chi connectivity index (χ1) is 10.1. The van der Waals surface area contributed by atoms with Gasteiger partial charge in [-0.05, 0) is 30.5 Å². The molecule has 0 aliphatic rings. The first-order valence-corrected chi connectivity index (χ1v) is 6.87. The van der Waals surface area contributed by atoms with Crippen molar-refractivity contribution in [3.8, 4) is 12.3 Å². The van der Waals surface area contributed by atoms with Crippen LogP contribution in [-0.4, -0.2) is 35.1 Å². The van der Waals surface area contributed by atoms with Crippen LogP contribution in [0.25, 0.3) is 0 Å². The fourth-order valence-electron chi connectivity index (χ4n) is 1.81. The third-order valence-corrected chi connectivity index (χ3v) is 2.92. The molecule has 1 aromatic carbocycles. The van der Waals surface area contributed by atoms with E-state index >= 15 is 0 Å². The number of nitrogens with one attached hydrogen (secondary N) is 1. The van der Waals surface area contributed by atoms with Crippen molar-refractivity contribution in [3.63, 3.8) is 0 Å². The van der Waals surface area contributed by atoms with Crippen LogP contribution in [0.2, 0.25) is 0 Å². The number of nitrogens with zero attached hydrogens (tertiary/aromatic N) is 1. The molecular formula is C16H20N2O3. The Morgan fingerprint density at radius 2 is 2.00 bits per heavy atom. The van der Waals surface area contributed by atoms with Crippen LogP contribution >= 0.6 is 0 Å². The van der Waals surface area contributed by atoms with Crippen molar-refractivity contribution in [3.05, 3.63) is 29.8 Å². The smallest absolute Gasteiger partial charge is 0.323 e. The Hall–Kier alpha value is -2.48. The van der Waals surface area contributed by atoms with Crippen LogP contribution in [-0.2, 0) is 11.2 Å². The van der Waals surface area contributed by atoms with Crippen LogP contribution in [0.4, 0.5) is 10.5 Å². The predicted molar refractivity (Wildman–Crippen MR) is 82.1 cm³/mol. The fraction of sp³-hybridized carbons (Fsp3) is 0.375.